The Hall–Kier alpha value is -0.840. The molecule has 2 fully saturated rings. The fourth-order valence-electron chi connectivity index (χ4n) is 3.21. The van der Waals surface area contributed by atoms with Gasteiger partial charge in [-0.3, -0.25) is 4.90 Å². The van der Waals surface area contributed by atoms with E-state index in [1.165, 1.54) is 32.4 Å². The molecule has 1 unspecified atom stereocenters. The summed E-state index contributed by atoms with van der Waals surface area (Å²) in [6, 6.07) is 2.74. The van der Waals surface area contributed by atoms with Gasteiger partial charge in [-0.15, -0.1) is 0 Å². The van der Waals surface area contributed by atoms with Crippen LogP contribution in [0.5, 0.6) is 0 Å². The number of hydrogen-bond donors (Lipinski definition) is 1. The molecule has 0 aromatic carbocycles. The molecule has 2 N–H and O–H groups in total. The van der Waals surface area contributed by atoms with Crippen LogP contribution in [0.1, 0.15) is 24.8 Å². The Morgan fingerprint density at radius 1 is 1.32 bits per heavy atom. The van der Waals surface area contributed by atoms with Crippen molar-refractivity contribution in [2.45, 2.75) is 31.8 Å². The van der Waals surface area contributed by atoms with Crippen LogP contribution >= 0.6 is 11.6 Å². The molecule has 0 radical (unpaired) electrons. The van der Waals surface area contributed by atoms with Crippen LogP contribution in [0.3, 0.4) is 0 Å². The van der Waals surface area contributed by atoms with Crippen LogP contribution in [0.15, 0.2) is 12.3 Å². The van der Waals surface area contributed by atoms with Crippen LogP contribution in [-0.2, 0) is 6.54 Å². The summed E-state index contributed by atoms with van der Waals surface area (Å²) in [5.74, 6) is 1.03. The first-order valence-electron chi connectivity index (χ1n) is 7.11. The highest BCUT2D eigenvalue weighted by atomic mass is 35.5. The predicted octanol–water partition coefficient (Wildman–Crippen LogP) is 1.87. The molecule has 4 nitrogen and oxygen atoms in total. The minimum atomic E-state index is 0.470. The van der Waals surface area contributed by atoms with Gasteiger partial charge in [0, 0.05) is 38.4 Å². The molecule has 0 aliphatic carbocycles. The SMILES string of the molecule is NCc1cc(N2CCCN3CCCC3C2)ncc1Cl. The fraction of sp³-hybridized carbons (Fsp3) is 0.643. The van der Waals surface area contributed by atoms with Gasteiger partial charge in [0.15, 0.2) is 0 Å². The van der Waals surface area contributed by atoms with Gasteiger partial charge in [0.1, 0.15) is 5.82 Å². The molecule has 19 heavy (non-hydrogen) atoms. The molecule has 2 aliphatic heterocycles. The summed E-state index contributed by atoms with van der Waals surface area (Å²) in [6.07, 6.45) is 5.59. The zero-order chi connectivity index (χ0) is 13.2. The number of pyridine rings is 1. The predicted molar refractivity (Wildman–Crippen MR) is 78.6 cm³/mol. The van der Waals surface area contributed by atoms with Gasteiger partial charge in [0.05, 0.1) is 5.02 Å². The van der Waals surface area contributed by atoms with Crippen molar-refractivity contribution in [1.29, 1.82) is 0 Å². The van der Waals surface area contributed by atoms with Gasteiger partial charge in [0.2, 0.25) is 0 Å². The molecular formula is C14H21ClN4. The molecule has 2 aliphatic rings. The van der Waals surface area contributed by atoms with Gasteiger partial charge >= 0.3 is 0 Å². The summed E-state index contributed by atoms with van der Waals surface area (Å²) in [5.41, 5.74) is 6.71. The Balaban J connectivity index is 1.80. The Bertz CT molecular complexity index is 451. The number of hydrogen-bond acceptors (Lipinski definition) is 4. The third-order valence-corrected chi connectivity index (χ3v) is 4.61. The summed E-state index contributed by atoms with van der Waals surface area (Å²) in [5, 5.41) is 0.670. The van der Waals surface area contributed by atoms with Crippen LogP contribution < -0.4 is 10.6 Å². The van der Waals surface area contributed by atoms with Crippen molar-refractivity contribution in [3.8, 4) is 0 Å². The smallest absolute Gasteiger partial charge is 0.128 e. The summed E-state index contributed by atoms with van der Waals surface area (Å²) < 4.78 is 0. The van der Waals surface area contributed by atoms with Gasteiger partial charge in [-0.25, -0.2) is 4.98 Å². The lowest BCUT2D eigenvalue weighted by atomic mass is 10.2. The first-order chi connectivity index (χ1) is 9.28. The molecule has 1 aromatic rings. The van der Waals surface area contributed by atoms with Crippen molar-refractivity contribution in [1.82, 2.24) is 9.88 Å². The summed E-state index contributed by atoms with van der Waals surface area (Å²) in [4.78, 5) is 9.51. The largest absolute Gasteiger partial charge is 0.355 e. The second-order valence-electron chi connectivity index (χ2n) is 5.47. The van der Waals surface area contributed by atoms with Crippen molar-refractivity contribution in [3.05, 3.63) is 22.8 Å². The number of rotatable bonds is 2. The number of fused-ring (bicyclic) bond motifs is 1. The summed E-state index contributed by atoms with van der Waals surface area (Å²) >= 11 is 6.09. The van der Waals surface area contributed by atoms with E-state index in [1.54, 1.807) is 6.20 Å². The Kier molecular flexibility index (Phi) is 3.91. The lowest BCUT2D eigenvalue weighted by molar-refractivity contribution is 0.273. The standard InChI is InChI=1S/C14H21ClN4/c15-13-9-17-14(7-11(13)8-16)19-6-2-5-18-4-1-3-12(18)10-19/h7,9,12H,1-6,8,10,16H2. The van der Waals surface area contributed by atoms with E-state index in [4.69, 9.17) is 17.3 Å². The highest BCUT2D eigenvalue weighted by Gasteiger charge is 2.29. The van der Waals surface area contributed by atoms with Crippen molar-refractivity contribution in [2.24, 2.45) is 5.73 Å². The molecular weight excluding hydrogens is 260 g/mol. The number of nitrogens with two attached hydrogens (primary N) is 1. The Morgan fingerprint density at radius 3 is 3.00 bits per heavy atom. The molecule has 104 valence electrons. The molecule has 0 saturated carbocycles. The molecule has 3 rings (SSSR count). The van der Waals surface area contributed by atoms with E-state index in [0.717, 1.165) is 24.5 Å². The number of anilines is 1. The van der Waals surface area contributed by atoms with Gasteiger partial charge in [0.25, 0.3) is 0 Å². The third kappa shape index (κ3) is 2.71. The highest BCUT2D eigenvalue weighted by Crippen LogP contribution is 2.26. The number of halogens is 1. The van der Waals surface area contributed by atoms with Crippen molar-refractivity contribution in [3.63, 3.8) is 0 Å². The van der Waals surface area contributed by atoms with Crippen molar-refractivity contribution < 1.29 is 0 Å². The van der Waals surface area contributed by atoms with E-state index < -0.39 is 0 Å². The molecule has 0 amide bonds. The quantitative estimate of drug-likeness (QED) is 0.898. The van der Waals surface area contributed by atoms with Crippen molar-refractivity contribution >= 4 is 17.4 Å². The maximum Gasteiger partial charge on any atom is 0.128 e. The van der Waals surface area contributed by atoms with E-state index in [9.17, 15) is 0 Å². The molecule has 0 spiro atoms. The van der Waals surface area contributed by atoms with Crippen LogP contribution in [0.25, 0.3) is 0 Å². The highest BCUT2D eigenvalue weighted by molar-refractivity contribution is 6.31. The minimum Gasteiger partial charge on any atom is -0.355 e. The lowest BCUT2D eigenvalue weighted by Crippen LogP contribution is -2.37. The van der Waals surface area contributed by atoms with E-state index in [1.807, 2.05) is 6.07 Å². The van der Waals surface area contributed by atoms with Crippen LogP contribution in [-0.4, -0.2) is 42.1 Å². The summed E-state index contributed by atoms with van der Waals surface area (Å²) in [6.45, 7) is 5.11. The topological polar surface area (TPSA) is 45.4 Å². The Labute approximate surface area is 119 Å². The van der Waals surface area contributed by atoms with Crippen LogP contribution in [0.2, 0.25) is 5.02 Å². The maximum atomic E-state index is 6.09. The van der Waals surface area contributed by atoms with E-state index >= 15 is 0 Å². The lowest BCUT2D eigenvalue weighted by Gasteiger charge is -2.26. The van der Waals surface area contributed by atoms with Gasteiger partial charge < -0.3 is 10.6 Å². The number of aromatic nitrogens is 1. The monoisotopic (exact) mass is 280 g/mol. The first-order valence-corrected chi connectivity index (χ1v) is 7.49. The van der Waals surface area contributed by atoms with E-state index in [0.29, 0.717) is 17.6 Å². The molecule has 0 bridgehead atoms. The van der Waals surface area contributed by atoms with Gasteiger partial charge in [-0.05, 0) is 37.4 Å². The first kappa shape index (κ1) is 13.2. The molecule has 5 heteroatoms. The average Bonchev–Trinajstić information content (AvgIpc) is 2.77. The minimum absolute atomic E-state index is 0.470. The van der Waals surface area contributed by atoms with E-state index in [2.05, 4.69) is 14.8 Å². The van der Waals surface area contributed by atoms with Crippen molar-refractivity contribution in [2.75, 3.05) is 31.1 Å². The average molecular weight is 281 g/mol. The zero-order valence-corrected chi connectivity index (χ0v) is 11.9. The third-order valence-electron chi connectivity index (χ3n) is 4.27. The summed E-state index contributed by atoms with van der Waals surface area (Å²) in [7, 11) is 0. The molecule has 2 saturated heterocycles. The van der Waals surface area contributed by atoms with Gasteiger partial charge in [-0.1, -0.05) is 11.6 Å². The molecule has 1 aromatic heterocycles. The normalized spacial score (nSPS) is 24.3. The number of nitrogens with zero attached hydrogens (tertiary/aromatic N) is 3. The second kappa shape index (κ2) is 5.65. The van der Waals surface area contributed by atoms with Crippen LogP contribution in [0, 0.1) is 0 Å². The maximum absolute atomic E-state index is 6.09. The van der Waals surface area contributed by atoms with Crippen LogP contribution in [0.4, 0.5) is 5.82 Å². The van der Waals surface area contributed by atoms with E-state index in [-0.39, 0.29) is 0 Å². The molecule has 3 heterocycles. The fourth-order valence-corrected chi connectivity index (χ4v) is 3.39. The van der Waals surface area contributed by atoms with Gasteiger partial charge in [-0.2, -0.15) is 0 Å². The second-order valence-corrected chi connectivity index (χ2v) is 5.88. The molecule has 1 atom stereocenters. The Morgan fingerprint density at radius 2 is 2.16 bits per heavy atom. The zero-order valence-electron chi connectivity index (χ0n) is 11.2.